The number of aliphatic hydroxyl groups is 1. The molecule has 0 saturated carbocycles. The highest BCUT2D eigenvalue weighted by Crippen LogP contribution is 2.33. The van der Waals surface area contributed by atoms with Gasteiger partial charge >= 0.3 is 0 Å². The van der Waals surface area contributed by atoms with E-state index < -0.39 is 11.9 Å². The van der Waals surface area contributed by atoms with Crippen LogP contribution < -0.4 is 4.90 Å². The number of anilines is 2. The van der Waals surface area contributed by atoms with Gasteiger partial charge in [-0.15, -0.1) is 0 Å². The summed E-state index contributed by atoms with van der Waals surface area (Å²) in [5.41, 5.74) is 2.02. The van der Waals surface area contributed by atoms with Crippen LogP contribution in [0, 0.1) is 17.1 Å². The molecule has 1 N–H and O–H groups in total. The molecule has 0 aliphatic rings. The minimum atomic E-state index is -0.776. The molecule has 102 valence electrons. The Balaban J connectivity index is 2.53. The first-order chi connectivity index (χ1) is 9.54. The van der Waals surface area contributed by atoms with Crippen LogP contribution >= 0.6 is 0 Å². The summed E-state index contributed by atoms with van der Waals surface area (Å²) in [5.74, 6) is -0.409. The molecule has 0 saturated heterocycles. The molecule has 0 bridgehead atoms. The number of rotatable bonds is 3. The molecule has 0 amide bonds. The zero-order valence-electron chi connectivity index (χ0n) is 11.3. The second-order valence-electron chi connectivity index (χ2n) is 4.57. The molecule has 1 atom stereocenters. The lowest BCUT2D eigenvalue weighted by Crippen LogP contribution is -2.15. The summed E-state index contributed by atoms with van der Waals surface area (Å²) in [6.45, 7) is 1.60. The minimum Gasteiger partial charge on any atom is -0.389 e. The highest BCUT2D eigenvalue weighted by Gasteiger charge is 2.17. The molecule has 0 aliphatic heterocycles. The number of nitrogens with zero attached hydrogens (tertiary/aromatic N) is 2. The number of hydrogen-bond donors (Lipinski definition) is 1. The normalized spacial score (nSPS) is 11.8. The molecule has 4 heteroatoms. The number of hydrogen-bond acceptors (Lipinski definition) is 3. The molecule has 2 aromatic carbocycles. The van der Waals surface area contributed by atoms with Crippen LogP contribution in [0.5, 0.6) is 0 Å². The van der Waals surface area contributed by atoms with Crippen molar-refractivity contribution in [3.63, 3.8) is 0 Å². The van der Waals surface area contributed by atoms with Crippen molar-refractivity contribution in [2.75, 3.05) is 11.9 Å². The predicted molar refractivity (Wildman–Crippen MR) is 76.3 cm³/mol. The Morgan fingerprint density at radius 3 is 2.60 bits per heavy atom. The summed E-state index contributed by atoms with van der Waals surface area (Å²) in [6, 6.07) is 13.6. The summed E-state index contributed by atoms with van der Waals surface area (Å²) in [7, 11) is 1.71. The van der Waals surface area contributed by atoms with Crippen LogP contribution in [0.3, 0.4) is 0 Å². The summed E-state index contributed by atoms with van der Waals surface area (Å²) >= 11 is 0. The van der Waals surface area contributed by atoms with E-state index in [2.05, 4.69) is 6.07 Å². The van der Waals surface area contributed by atoms with E-state index in [-0.39, 0.29) is 0 Å². The Morgan fingerprint density at radius 2 is 1.95 bits per heavy atom. The molecule has 2 rings (SSSR count). The number of benzene rings is 2. The van der Waals surface area contributed by atoms with Crippen molar-refractivity contribution in [2.45, 2.75) is 13.0 Å². The number of halogens is 1. The Hall–Kier alpha value is -2.38. The largest absolute Gasteiger partial charge is 0.389 e. The van der Waals surface area contributed by atoms with Gasteiger partial charge in [-0.2, -0.15) is 5.26 Å². The Labute approximate surface area is 117 Å². The van der Waals surface area contributed by atoms with Crippen molar-refractivity contribution in [2.24, 2.45) is 0 Å². The lowest BCUT2D eigenvalue weighted by atomic mass is 10.1. The molecule has 0 aromatic heterocycles. The minimum absolute atomic E-state index is 0.317. The van der Waals surface area contributed by atoms with Crippen LogP contribution in [0.15, 0.2) is 42.5 Å². The third-order valence-corrected chi connectivity index (χ3v) is 3.17. The zero-order chi connectivity index (χ0) is 14.7. The molecule has 20 heavy (non-hydrogen) atoms. The van der Waals surface area contributed by atoms with E-state index >= 15 is 0 Å². The van der Waals surface area contributed by atoms with Crippen LogP contribution in [-0.2, 0) is 0 Å². The summed E-state index contributed by atoms with van der Waals surface area (Å²) in [4.78, 5) is 1.64. The zero-order valence-corrected chi connectivity index (χ0v) is 11.3. The standard InChI is InChI=1S/C16H15FN2O/c1-11(20)14-7-4-8-15(17)16(14)19(2)13-6-3-5-12(9-13)10-18/h3-9,11,20H,1-2H3. The Bertz CT molecular complexity index is 662. The van der Waals surface area contributed by atoms with Gasteiger partial charge in [-0.25, -0.2) is 4.39 Å². The van der Waals surface area contributed by atoms with Gasteiger partial charge in [0.2, 0.25) is 0 Å². The van der Waals surface area contributed by atoms with Crippen molar-refractivity contribution < 1.29 is 9.50 Å². The van der Waals surface area contributed by atoms with E-state index in [9.17, 15) is 9.50 Å². The van der Waals surface area contributed by atoms with Crippen molar-refractivity contribution >= 4 is 11.4 Å². The monoisotopic (exact) mass is 270 g/mol. The summed E-state index contributed by atoms with van der Waals surface area (Å²) in [5, 5.41) is 18.7. The molecule has 0 radical (unpaired) electrons. The number of para-hydroxylation sites is 1. The summed E-state index contributed by atoms with van der Waals surface area (Å²) < 4.78 is 14.1. The van der Waals surface area contributed by atoms with Crippen molar-refractivity contribution in [1.82, 2.24) is 0 Å². The van der Waals surface area contributed by atoms with Crippen molar-refractivity contribution in [3.05, 3.63) is 59.4 Å². The molecule has 0 spiro atoms. The van der Waals surface area contributed by atoms with Crippen LogP contribution in [0.4, 0.5) is 15.8 Å². The van der Waals surface area contributed by atoms with Crippen molar-refractivity contribution in [3.8, 4) is 6.07 Å². The average Bonchev–Trinajstić information content (AvgIpc) is 2.46. The fraction of sp³-hybridized carbons (Fsp3) is 0.188. The van der Waals surface area contributed by atoms with Gasteiger partial charge in [0, 0.05) is 18.3 Å². The third kappa shape index (κ3) is 2.63. The average molecular weight is 270 g/mol. The number of aliphatic hydroxyl groups excluding tert-OH is 1. The maximum absolute atomic E-state index is 14.1. The van der Waals surface area contributed by atoms with Gasteiger partial charge in [-0.05, 0) is 31.2 Å². The molecule has 1 unspecified atom stereocenters. The first-order valence-electron chi connectivity index (χ1n) is 6.25. The highest BCUT2D eigenvalue weighted by molar-refractivity contribution is 5.67. The van der Waals surface area contributed by atoms with Crippen LogP contribution in [0.2, 0.25) is 0 Å². The maximum Gasteiger partial charge on any atom is 0.147 e. The van der Waals surface area contributed by atoms with Gasteiger partial charge in [0.05, 0.1) is 23.4 Å². The molecular weight excluding hydrogens is 255 g/mol. The lowest BCUT2D eigenvalue weighted by molar-refractivity contribution is 0.199. The second-order valence-corrected chi connectivity index (χ2v) is 4.57. The van der Waals surface area contributed by atoms with Gasteiger partial charge in [0.25, 0.3) is 0 Å². The Kier molecular flexibility index (Phi) is 4.02. The molecule has 0 aliphatic carbocycles. The predicted octanol–water partition coefficient (Wildman–Crippen LogP) is 3.52. The van der Waals surface area contributed by atoms with Gasteiger partial charge < -0.3 is 10.0 Å². The molecule has 2 aromatic rings. The molecule has 0 heterocycles. The van der Waals surface area contributed by atoms with Gasteiger partial charge in [0.1, 0.15) is 5.82 Å². The lowest BCUT2D eigenvalue weighted by Gasteiger charge is -2.24. The molecular formula is C16H15FN2O. The topological polar surface area (TPSA) is 47.3 Å². The third-order valence-electron chi connectivity index (χ3n) is 3.17. The van der Waals surface area contributed by atoms with E-state index in [4.69, 9.17) is 5.26 Å². The smallest absolute Gasteiger partial charge is 0.147 e. The maximum atomic E-state index is 14.1. The van der Waals surface area contributed by atoms with Crippen LogP contribution in [0.1, 0.15) is 24.2 Å². The van der Waals surface area contributed by atoms with Gasteiger partial charge in [-0.1, -0.05) is 18.2 Å². The van der Waals surface area contributed by atoms with E-state index in [0.717, 1.165) is 0 Å². The first kappa shape index (κ1) is 14.0. The molecule has 0 fully saturated rings. The van der Waals surface area contributed by atoms with Gasteiger partial charge in [0.15, 0.2) is 0 Å². The van der Waals surface area contributed by atoms with E-state index in [0.29, 0.717) is 22.5 Å². The first-order valence-corrected chi connectivity index (χ1v) is 6.25. The van der Waals surface area contributed by atoms with E-state index in [1.165, 1.54) is 6.07 Å². The van der Waals surface area contributed by atoms with Crippen molar-refractivity contribution in [1.29, 1.82) is 5.26 Å². The number of nitriles is 1. The van der Waals surface area contributed by atoms with Crippen LogP contribution in [-0.4, -0.2) is 12.2 Å². The molecule has 3 nitrogen and oxygen atoms in total. The Morgan fingerprint density at radius 1 is 1.25 bits per heavy atom. The van der Waals surface area contributed by atoms with Gasteiger partial charge in [-0.3, -0.25) is 0 Å². The van der Waals surface area contributed by atoms with E-state index in [1.807, 2.05) is 0 Å². The van der Waals surface area contributed by atoms with Crippen LogP contribution in [0.25, 0.3) is 0 Å². The van der Waals surface area contributed by atoms with E-state index in [1.54, 1.807) is 55.3 Å². The second kappa shape index (κ2) is 5.72. The SMILES string of the molecule is CC(O)c1cccc(F)c1N(C)c1cccc(C#N)c1. The fourth-order valence-electron chi connectivity index (χ4n) is 2.14. The fourth-order valence-corrected chi connectivity index (χ4v) is 2.14. The quantitative estimate of drug-likeness (QED) is 0.928. The highest BCUT2D eigenvalue weighted by atomic mass is 19.1. The summed E-state index contributed by atoms with van der Waals surface area (Å²) in [6.07, 6.45) is -0.776.